The van der Waals surface area contributed by atoms with Gasteiger partial charge in [-0.05, 0) is 28.8 Å². The highest BCUT2D eigenvalue weighted by Crippen LogP contribution is 2.12. The summed E-state index contributed by atoms with van der Waals surface area (Å²) in [6.45, 7) is 3.81. The zero-order valence-corrected chi connectivity index (χ0v) is 10.2. The number of pyridine rings is 1. The van der Waals surface area contributed by atoms with Gasteiger partial charge in [-0.25, -0.2) is 0 Å². The van der Waals surface area contributed by atoms with Crippen molar-refractivity contribution in [3.8, 4) is 0 Å². The first kappa shape index (κ1) is 12.1. The first-order valence-electron chi connectivity index (χ1n) is 5.86. The lowest BCUT2D eigenvalue weighted by Gasteiger charge is -1.98. The summed E-state index contributed by atoms with van der Waals surface area (Å²) in [6.07, 6.45) is 13.6. The summed E-state index contributed by atoms with van der Waals surface area (Å²) < 4.78 is 0. The van der Waals surface area contributed by atoms with E-state index in [-0.39, 0.29) is 0 Å². The van der Waals surface area contributed by atoms with Crippen molar-refractivity contribution in [2.24, 2.45) is 0 Å². The second-order valence-electron chi connectivity index (χ2n) is 3.83. The van der Waals surface area contributed by atoms with Crippen molar-refractivity contribution in [1.29, 1.82) is 0 Å². The molecule has 2 aromatic rings. The molecule has 0 aliphatic rings. The average molecular weight is 233 g/mol. The summed E-state index contributed by atoms with van der Waals surface area (Å²) in [5.41, 5.74) is 3.46. The molecular weight excluding hydrogens is 218 g/mol. The summed E-state index contributed by atoms with van der Waals surface area (Å²) >= 11 is 0. The normalized spacial score (nSPS) is 11.1. The molecule has 0 radical (unpaired) electrons. The van der Waals surface area contributed by atoms with Gasteiger partial charge in [-0.2, -0.15) is 0 Å². The molecule has 0 aliphatic carbocycles. The van der Waals surface area contributed by atoms with Crippen LogP contribution in [0.2, 0.25) is 0 Å². The fourth-order valence-electron chi connectivity index (χ4n) is 1.65. The van der Waals surface area contributed by atoms with E-state index in [1.54, 1.807) is 12.4 Å². The van der Waals surface area contributed by atoms with Crippen LogP contribution in [-0.4, -0.2) is 4.98 Å². The van der Waals surface area contributed by atoms with Crippen LogP contribution in [0.4, 0.5) is 0 Å². The van der Waals surface area contributed by atoms with Crippen molar-refractivity contribution in [2.45, 2.75) is 0 Å². The van der Waals surface area contributed by atoms with Gasteiger partial charge in [0.1, 0.15) is 0 Å². The van der Waals surface area contributed by atoms with Crippen LogP contribution in [0.1, 0.15) is 16.7 Å². The molecular formula is C17H15N. The minimum absolute atomic E-state index is 1.14. The molecule has 0 saturated heterocycles. The number of benzene rings is 1. The van der Waals surface area contributed by atoms with Crippen LogP contribution in [-0.2, 0) is 0 Å². The summed E-state index contributed by atoms with van der Waals surface area (Å²) in [7, 11) is 0. The molecule has 0 N–H and O–H groups in total. The van der Waals surface area contributed by atoms with Gasteiger partial charge in [0.2, 0.25) is 0 Å². The topological polar surface area (TPSA) is 12.9 Å². The second-order valence-corrected chi connectivity index (χ2v) is 3.83. The molecule has 0 atom stereocenters. The van der Waals surface area contributed by atoms with Gasteiger partial charge in [0.15, 0.2) is 0 Å². The van der Waals surface area contributed by atoms with E-state index in [1.165, 1.54) is 5.56 Å². The number of aromatic nitrogens is 1. The highest BCUT2D eigenvalue weighted by atomic mass is 14.6. The van der Waals surface area contributed by atoms with Gasteiger partial charge in [-0.1, -0.05) is 61.2 Å². The van der Waals surface area contributed by atoms with E-state index in [0.717, 1.165) is 11.1 Å². The standard InChI is InChI=1S/C17H15N/c1-2-16-8-5-6-10-17(16)9-4-3-7-15-11-13-18-14-12-15/h2-14H,1H2/b7-3+,9-4+. The van der Waals surface area contributed by atoms with Crippen molar-refractivity contribution in [2.75, 3.05) is 0 Å². The SMILES string of the molecule is C=Cc1ccccc1/C=C/C=C/c1ccncc1. The van der Waals surface area contributed by atoms with Crippen LogP contribution in [0, 0.1) is 0 Å². The van der Waals surface area contributed by atoms with Crippen molar-refractivity contribution in [1.82, 2.24) is 4.98 Å². The predicted octanol–water partition coefficient (Wildman–Crippen LogP) is 4.45. The van der Waals surface area contributed by atoms with E-state index in [0.29, 0.717) is 0 Å². The lowest BCUT2D eigenvalue weighted by molar-refractivity contribution is 1.32. The van der Waals surface area contributed by atoms with E-state index in [2.05, 4.69) is 35.8 Å². The van der Waals surface area contributed by atoms with Gasteiger partial charge in [-0.3, -0.25) is 4.98 Å². The molecule has 1 nitrogen and oxygen atoms in total. The molecule has 0 bridgehead atoms. The molecule has 1 aromatic carbocycles. The lowest BCUT2D eigenvalue weighted by atomic mass is 10.1. The summed E-state index contributed by atoms with van der Waals surface area (Å²) in [5, 5.41) is 0. The number of allylic oxidation sites excluding steroid dienone is 2. The van der Waals surface area contributed by atoms with Gasteiger partial charge >= 0.3 is 0 Å². The molecule has 0 amide bonds. The third-order valence-corrected chi connectivity index (χ3v) is 2.60. The number of nitrogens with zero attached hydrogens (tertiary/aromatic N) is 1. The van der Waals surface area contributed by atoms with Crippen LogP contribution in [0.25, 0.3) is 18.2 Å². The summed E-state index contributed by atoms with van der Waals surface area (Å²) in [4.78, 5) is 3.98. The Bertz CT molecular complexity index is 565. The molecule has 0 saturated carbocycles. The number of rotatable bonds is 4. The van der Waals surface area contributed by atoms with Crippen molar-refractivity contribution < 1.29 is 0 Å². The maximum Gasteiger partial charge on any atom is 0.0273 e. The van der Waals surface area contributed by atoms with Gasteiger partial charge in [0, 0.05) is 12.4 Å². The van der Waals surface area contributed by atoms with Crippen LogP contribution in [0.15, 0.2) is 67.5 Å². The van der Waals surface area contributed by atoms with Crippen molar-refractivity contribution in [3.05, 3.63) is 84.2 Å². The zero-order valence-electron chi connectivity index (χ0n) is 10.2. The van der Waals surface area contributed by atoms with Gasteiger partial charge in [0.25, 0.3) is 0 Å². The third kappa shape index (κ3) is 3.29. The number of hydrogen-bond donors (Lipinski definition) is 0. The van der Waals surface area contributed by atoms with Crippen LogP contribution in [0.3, 0.4) is 0 Å². The smallest absolute Gasteiger partial charge is 0.0273 e. The second kappa shape index (κ2) is 6.36. The Hall–Kier alpha value is -2.41. The van der Waals surface area contributed by atoms with E-state index >= 15 is 0 Å². The van der Waals surface area contributed by atoms with Crippen LogP contribution < -0.4 is 0 Å². The lowest BCUT2D eigenvalue weighted by Crippen LogP contribution is -1.77. The van der Waals surface area contributed by atoms with Crippen LogP contribution in [0.5, 0.6) is 0 Å². The molecule has 1 aromatic heterocycles. The minimum atomic E-state index is 1.14. The molecule has 0 fully saturated rings. The summed E-state index contributed by atoms with van der Waals surface area (Å²) in [5.74, 6) is 0. The highest BCUT2D eigenvalue weighted by molar-refractivity contribution is 5.66. The molecule has 2 rings (SSSR count). The van der Waals surface area contributed by atoms with Crippen LogP contribution >= 0.6 is 0 Å². The Kier molecular flexibility index (Phi) is 4.26. The molecule has 0 aliphatic heterocycles. The first-order valence-corrected chi connectivity index (χ1v) is 5.86. The molecule has 18 heavy (non-hydrogen) atoms. The van der Waals surface area contributed by atoms with E-state index < -0.39 is 0 Å². The minimum Gasteiger partial charge on any atom is -0.265 e. The third-order valence-electron chi connectivity index (χ3n) is 2.60. The van der Waals surface area contributed by atoms with Gasteiger partial charge in [-0.15, -0.1) is 0 Å². The fourth-order valence-corrected chi connectivity index (χ4v) is 1.65. The maximum absolute atomic E-state index is 3.98. The quantitative estimate of drug-likeness (QED) is 0.711. The zero-order chi connectivity index (χ0) is 12.6. The van der Waals surface area contributed by atoms with Crippen molar-refractivity contribution in [3.63, 3.8) is 0 Å². The fraction of sp³-hybridized carbons (Fsp3) is 0. The monoisotopic (exact) mass is 233 g/mol. The Morgan fingerprint density at radius 3 is 2.22 bits per heavy atom. The van der Waals surface area contributed by atoms with Crippen molar-refractivity contribution >= 4 is 18.2 Å². The highest BCUT2D eigenvalue weighted by Gasteiger charge is 1.91. The Labute approximate surface area is 108 Å². The molecule has 0 unspecified atom stereocenters. The van der Waals surface area contributed by atoms with E-state index in [4.69, 9.17) is 0 Å². The average Bonchev–Trinajstić information content (AvgIpc) is 2.45. The van der Waals surface area contributed by atoms with E-state index in [9.17, 15) is 0 Å². The van der Waals surface area contributed by atoms with Gasteiger partial charge < -0.3 is 0 Å². The van der Waals surface area contributed by atoms with E-state index in [1.807, 2.05) is 42.5 Å². The predicted molar refractivity (Wildman–Crippen MR) is 78.8 cm³/mol. The molecule has 1 heterocycles. The van der Waals surface area contributed by atoms with Gasteiger partial charge in [0.05, 0.1) is 0 Å². The Morgan fingerprint density at radius 2 is 1.50 bits per heavy atom. The maximum atomic E-state index is 3.98. The number of hydrogen-bond acceptors (Lipinski definition) is 1. The first-order chi connectivity index (χ1) is 8.90. The summed E-state index contributed by atoms with van der Waals surface area (Å²) in [6, 6.07) is 12.1. The molecule has 88 valence electrons. The largest absolute Gasteiger partial charge is 0.265 e. The Morgan fingerprint density at radius 1 is 0.833 bits per heavy atom. The Balaban J connectivity index is 2.08. The molecule has 1 heteroatoms. The molecule has 0 spiro atoms.